The Balaban J connectivity index is 0.000000142. The first-order chi connectivity index (χ1) is 31.6. The summed E-state index contributed by atoms with van der Waals surface area (Å²) in [6.07, 6.45) is 0. The lowest BCUT2D eigenvalue weighted by Gasteiger charge is -2.35. The van der Waals surface area contributed by atoms with Gasteiger partial charge in [0.1, 0.15) is 0 Å². The Kier molecular flexibility index (Phi) is 9.01. The monoisotopic (exact) mass is 922 g/mol. The summed E-state index contributed by atoms with van der Waals surface area (Å²) in [6, 6.07) is 61.9. The Bertz CT molecular complexity index is 3600. The van der Waals surface area contributed by atoms with E-state index in [9.17, 15) is 0 Å². The molecule has 66 heavy (non-hydrogen) atoms. The van der Waals surface area contributed by atoms with Gasteiger partial charge in [-0.1, -0.05) is 165 Å². The fourth-order valence-corrected chi connectivity index (χ4v) is 11.6. The van der Waals surface area contributed by atoms with Crippen molar-refractivity contribution in [3.05, 3.63) is 197 Å². The summed E-state index contributed by atoms with van der Waals surface area (Å²) in [7, 11) is -0.408. The highest BCUT2D eigenvalue weighted by Gasteiger charge is 2.52. The van der Waals surface area contributed by atoms with Crippen LogP contribution in [0.15, 0.2) is 174 Å². The van der Waals surface area contributed by atoms with Gasteiger partial charge in [0.05, 0.1) is 44.6 Å². The van der Waals surface area contributed by atoms with Crippen molar-refractivity contribution >= 4 is 72.1 Å². The lowest BCUT2D eigenvalue weighted by atomic mass is 9.70. The highest BCUT2D eigenvalue weighted by molar-refractivity contribution is 9.10. The van der Waals surface area contributed by atoms with Crippen molar-refractivity contribution in [3.63, 3.8) is 0 Å². The van der Waals surface area contributed by atoms with E-state index in [0.717, 1.165) is 9.94 Å². The van der Waals surface area contributed by atoms with Gasteiger partial charge in [0, 0.05) is 36.8 Å². The van der Waals surface area contributed by atoms with Crippen LogP contribution in [-0.2, 0) is 20.1 Å². The van der Waals surface area contributed by atoms with Crippen LogP contribution in [0.25, 0.3) is 77.2 Å². The summed E-state index contributed by atoms with van der Waals surface area (Å²) in [5, 5.41) is 5.11. The topological polar surface area (TPSA) is 28.3 Å². The largest absolute Gasteiger partial charge is 0.494 e. The maximum atomic E-state index is 6.54. The molecule has 1 fully saturated rings. The molecule has 5 heterocycles. The van der Waals surface area contributed by atoms with E-state index in [1.54, 1.807) is 0 Å². The average Bonchev–Trinajstić information content (AvgIpc) is 3.90. The normalized spacial score (nSPS) is 16.9. The fourth-order valence-electron chi connectivity index (χ4n) is 11.2. The van der Waals surface area contributed by atoms with E-state index in [2.05, 4.69) is 250 Å². The molecule has 0 aliphatic carbocycles. The van der Waals surface area contributed by atoms with Gasteiger partial charge in [-0.2, -0.15) is 0 Å². The molecule has 0 amide bonds. The zero-order valence-electron chi connectivity index (χ0n) is 38.8. The van der Waals surface area contributed by atoms with E-state index < -0.39 is 7.12 Å². The number of hydrogen-bond acceptors (Lipinski definition) is 2. The molecule has 10 aromatic rings. The first kappa shape index (κ1) is 41.3. The number of para-hydroxylation sites is 2. The van der Waals surface area contributed by atoms with Gasteiger partial charge in [0.2, 0.25) is 0 Å². The number of benzene rings is 8. The third-order valence-corrected chi connectivity index (χ3v) is 15.9. The number of nitrogens with zero attached hydrogens (tertiary/aromatic N) is 2. The van der Waals surface area contributed by atoms with E-state index in [1.165, 1.54) is 99.5 Å². The van der Waals surface area contributed by atoms with Crippen molar-refractivity contribution in [2.24, 2.45) is 0 Å². The summed E-state index contributed by atoms with van der Waals surface area (Å²) >= 11 is 3.79. The van der Waals surface area contributed by atoms with Gasteiger partial charge in [-0.15, -0.1) is 0 Å². The Labute approximate surface area is 396 Å². The summed E-state index contributed by atoms with van der Waals surface area (Å²) < 4.78 is 19.1. The van der Waals surface area contributed by atoms with Crippen molar-refractivity contribution in [1.29, 1.82) is 0 Å². The molecule has 13 rings (SSSR count). The van der Waals surface area contributed by atoms with Crippen LogP contribution in [0.2, 0.25) is 0 Å². The molecular weight excluding hydrogens is 871 g/mol. The van der Waals surface area contributed by atoms with Gasteiger partial charge in [0.15, 0.2) is 0 Å². The molecule has 2 aromatic heterocycles. The van der Waals surface area contributed by atoms with E-state index in [4.69, 9.17) is 9.31 Å². The molecule has 0 atom stereocenters. The number of rotatable bonds is 3. The van der Waals surface area contributed by atoms with E-state index in [-0.39, 0.29) is 22.0 Å². The van der Waals surface area contributed by atoms with Gasteiger partial charge in [0.25, 0.3) is 0 Å². The summed E-state index contributed by atoms with van der Waals surface area (Å²) in [5.74, 6) is 0. The number of halogens is 1. The minimum absolute atomic E-state index is 0.0503. The van der Waals surface area contributed by atoms with Gasteiger partial charge < -0.3 is 18.4 Å². The highest BCUT2D eigenvalue weighted by Crippen LogP contribution is 2.50. The molecule has 0 N–H and O–H groups in total. The molecule has 8 aromatic carbocycles. The lowest BCUT2D eigenvalue weighted by Crippen LogP contribution is -2.41. The lowest BCUT2D eigenvalue weighted by molar-refractivity contribution is 0.00578. The second-order valence-corrected chi connectivity index (χ2v) is 21.5. The summed E-state index contributed by atoms with van der Waals surface area (Å²) in [6.45, 7) is 17.8. The quantitative estimate of drug-likeness (QED) is 0.165. The number of hydrogen-bond donors (Lipinski definition) is 0. The predicted molar refractivity (Wildman–Crippen MR) is 280 cm³/mol. The van der Waals surface area contributed by atoms with Crippen molar-refractivity contribution in [2.45, 2.75) is 77.4 Å². The number of fused-ring (bicyclic) bond motifs is 10. The standard InChI is InChI=1S/C33H32BNO2.C27H20BrN/c1-31(2)26-14-10-11-15-29(26)35-28-17-16-22(21-12-8-7-9-13-21)18-24(28)25-19-23(20-27(31)30(25)35)34-36-32(3,4)33(5,6)37-34;1-27(2)22-10-6-7-11-25(22)29-24-13-12-18(17-8-4-3-5-9-17)14-20(24)21-15-19(28)16-23(27)26(21)29/h7-20H,1-6H3;3-16H,1-2H3. The van der Waals surface area contributed by atoms with Crippen LogP contribution in [0.3, 0.4) is 0 Å². The second kappa shape index (κ2) is 14.4. The molecule has 6 heteroatoms. The maximum Gasteiger partial charge on any atom is 0.494 e. The van der Waals surface area contributed by atoms with Crippen molar-refractivity contribution < 1.29 is 9.31 Å². The minimum Gasteiger partial charge on any atom is -0.399 e. The van der Waals surface area contributed by atoms with Crippen molar-refractivity contribution in [1.82, 2.24) is 9.13 Å². The van der Waals surface area contributed by atoms with Crippen molar-refractivity contribution in [3.8, 4) is 33.6 Å². The SMILES string of the molecule is CC1(C)c2ccccc2-n2c3ccc(-c4ccccc4)cc3c3cc(B4OC(C)(C)C(C)(C)O4)cc1c32.CC1(C)c2ccccc2-n2c3ccc(-c4ccccc4)cc3c3cc(Br)cc1c32. The molecule has 0 saturated carbocycles. The zero-order chi connectivity index (χ0) is 45.5. The van der Waals surface area contributed by atoms with Crippen LogP contribution in [0.4, 0.5) is 0 Å². The van der Waals surface area contributed by atoms with E-state index in [0.29, 0.717) is 0 Å². The smallest absolute Gasteiger partial charge is 0.399 e. The molecule has 4 nitrogen and oxygen atoms in total. The van der Waals surface area contributed by atoms with Crippen molar-refractivity contribution in [2.75, 3.05) is 0 Å². The molecule has 3 aliphatic rings. The fraction of sp³-hybridized carbons (Fsp3) is 0.200. The van der Waals surface area contributed by atoms with Gasteiger partial charge in [-0.05, 0) is 126 Å². The molecule has 3 aliphatic heterocycles. The summed E-state index contributed by atoms with van der Waals surface area (Å²) in [4.78, 5) is 0. The first-order valence-electron chi connectivity index (χ1n) is 23.2. The van der Waals surface area contributed by atoms with E-state index in [1.807, 2.05) is 0 Å². The van der Waals surface area contributed by atoms with Crippen LogP contribution in [0, 0.1) is 0 Å². The van der Waals surface area contributed by atoms with Crippen LogP contribution < -0.4 is 5.46 Å². The minimum atomic E-state index is -0.408. The Morgan fingerprint density at radius 1 is 0.394 bits per heavy atom. The maximum absolute atomic E-state index is 6.54. The molecule has 0 bridgehead atoms. The average molecular weight is 924 g/mol. The molecule has 324 valence electrons. The van der Waals surface area contributed by atoms with Crippen LogP contribution >= 0.6 is 15.9 Å². The van der Waals surface area contributed by atoms with Crippen LogP contribution in [-0.4, -0.2) is 27.5 Å². The number of aromatic nitrogens is 2. The Hall–Kier alpha value is -6.18. The molecule has 0 spiro atoms. The highest BCUT2D eigenvalue weighted by atomic mass is 79.9. The molecule has 0 unspecified atom stereocenters. The predicted octanol–water partition coefficient (Wildman–Crippen LogP) is 15.2. The third-order valence-electron chi connectivity index (χ3n) is 15.4. The summed E-state index contributed by atoms with van der Waals surface area (Å²) in [5.41, 5.74) is 18.1. The Morgan fingerprint density at radius 3 is 1.30 bits per heavy atom. The Morgan fingerprint density at radius 2 is 0.818 bits per heavy atom. The van der Waals surface area contributed by atoms with Gasteiger partial charge in [-0.25, -0.2) is 0 Å². The van der Waals surface area contributed by atoms with E-state index >= 15 is 0 Å². The van der Waals surface area contributed by atoms with Crippen LogP contribution in [0.1, 0.15) is 77.6 Å². The zero-order valence-corrected chi connectivity index (χ0v) is 40.4. The second-order valence-electron chi connectivity index (χ2n) is 20.6. The van der Waals surface area contributed by atoms with Crippen LogP contribution in [0.5, 0.6) is 0 Å². The molecule has 0 radical (unpaired) electrons. The third kappa shape index (κ3) is 5.97. The van der Waals surface area contributed by atoms with Gasteiger partial charge >= 0.3 is 7.12 Å². The first-order valence-corrected chi connectivity index (χ1v) is 24.0. The molecule has 1 saturated heterocycles. The molecular formula is C60H52BBrN2O2. The van der Waals surface area contributed by atoms with Gasteiger partial charge in [-0.3, -0.25) is 0 Å².